The number of anilines is 2. The van der Waals surface area contributed by atoms with Crippen molar-refractivity contribution in [2.45, 2.75) is 12.8 Å². The normalized spacial score (nSPS) is 17.4. The number of nitrogens with one attached hydrogen (secondary N) is 2. The fourth-order valence-corrected chi connectivity index (χ4v) is 3.17. The van der Waals surface area contributed by atoms with E-state index in [2.05, 4.69) is 15.6 Å². The van der Waals surface area contributed by atoms with E-state index < -0.39 is 5.82 Å². The van der Waals surface area contributed by atoms with Gasteiger partial charge in [0.15, 0.2) is 5.13 Å². The molecule has 0 spiro atoms. The van der Waals surface area contributed by atoms with Crippen LogP contribution >= 0.6 is 11.3 Å². The minimum Gasteiger partial charge on any atom is -0.324 e. The molecule has 0 aliphatic carbocycles. The van der Waals surface area contributed by atoms with Gasteiger partial charge in [-0.25, -0.2) is 14.2 Å². The van der Waals surface area contributed by atoms with Gasteiger partial charge in [0.25, 0.3) is 0 Å². The zero-order valence-corrected chi connectivity index (χ0v) is 13.7. The zero-order chi connectivity index (χ0) is 16.9. The lowest BCUT2D eigenvalue weighted by atomic mass is 9.97. The summed E-state index contributed by atoms with van der Waals surface area (Å²) >= 11 is 1.35. The average Bonchev–Trinajstić information content (AvgIpc) is 3.08. The monoisotopic (exact) mass is 348 g/mol. The summed E-state index contributed by atoms with van der Waals surface area (Å²) in [6, 6.07) is 5.40. The van der Waals surface area contributed by atoms with Crippen LogP contribution in [0.25, 0.3) is 0 Å². The van der Waals surface area contributed by atoms with Crippen LogP contribution in [0.4, 0.5) is 20.0 Å². The highest BCUT2D eigenvalue weighted by atomic mass is 32.1. The van der Waals surface area contributed by atoms with Gasteiger partial charge < -0.3 is 15.5 Å². The van der Waals surface area contributed by atoms with Crippen molar-refractivity contribution in [2.75, 3.05) is 23.7 Å². The van der Waals surface area contributed by atoms with E-state index in [1.807, 2.05) is 0 Å². The second-order valence-corrected chi connectivity index (χ2v) is 6.45. The van der Waals surface area contributed by atoms with Crippen LogP contribution < -0.4 is 10.6 Å². The zero-order valence-electron chi connectivity index (χ0n) is 12.9. The Bertz CT molecular complexity index is 723. The lowest BCUT2D eigenvalue weighted by molar-refractivity contribution is -0.121. The minimum atomic E-state index is -0.410. The van der Waals surface area contributed by atoms with Crippen LogP contribution in [0.2, 0.25) is 0 Å². The molecular weight excluding hydrogens is 331 g/mol. The number of aromatic nitrogens is 1. The molecule has 0 saturated carbocycles. The van der Waals surface area contributed by atoms with Crippen molar-refractivity contribution >= 4 is 34.1 Å². The number of carbonyl (C=O) groups is 2. The predicted octanol–water partition coefficient (Wildman–Crippen LogP) is 3.16. The molecule has 0 bridgehead atoms. The van der Waals surface area contributed by atoms with Gasteiger partial charge in [-0.1, -0.05) is 6.07 Å². The first-order valence-electron chi connectivity index (χ1n) is 7.63. The van der Waals surface area contributed by atoms with Gasteiger partial charge in [-0.05, 0) is 31.0 Å². The number of urea groups is 1. The Morgan fingerprint density at radius 1 is 1.33 bits per heavy atom. The Balaban J connectivity index is 1.58. The summed E-state index contributed by atoms with van der Waals surface area (Å²) in [5.41, 5.74) is 0.398. The third-order valence-corrected chi connectivity index (χ3v) is 4.51. The maximum atomic E-state index is 13.2. The van der Waals surface area contributed by atoms with Crippen LogP contribution in [0, 0.1) is 11.7 Å². The minimum absolute atomic E-state index is 0.131. The van der Waals surface area contributed by atoms with Gasteiger partial charge in [0, 0.05) is 30.4 Å². The fourth-order valence-electron chi connectivity index (χ4n) is 2.64. The van der Waals surface area contributed by atoms with Crippen molar-refractivity contribution in [1.29, 1.82) is 0 Å². The van der Waals surface area contributed by atoms with Crippen molar-refractivity contribution < 1.29 is 14.0 Å². The number of hydrogen-bond donors (Lipinski definition) is 2. The van der Waals surface area contributed by atoms with E-state index in [-0.39, 0.29) is 17.9 Å². The maximum Gasteiger partial charge on any atom is 0.321 e. The molecule has 1 aromatic heterocycles. The van der Waals surface area contributed by atoms with E-state index in [1.165, 1.54) is 29.5 Å². The second kappa shape index (κ2) is 7.39. The average molecular weight is 348 g/mol. The van der Waals surface area contributed by atoms with Crippen molar-refractivity contribution in [3.63, 3.8) is 0 Å². The first-order valence-corrected chi connectivity index (χ1v) is 8.51. The summed E-state index contributed by atoms with van der Waals surface area (Å²) in [5.74, 6) is -0.818. The number of rotatable bonds is 3. The molecule has 1 aromatic carbocycles. The van der Waals surface area contributed by atoms with Crippen LogP contribution in [-0.2, 0) is 4.79 Å². The maximum absolute atomic E-state index is 13.2. The van der Waals surface area contributed by atoms with Crippen molar-refractivity contribution in [3.8, 4) is 0 Å². The molecule has 8 heteroatoms. The molecule has 2 N–H and O–H groups in total. The second-order valence-electron chi connectivity index (χ2n) is 5.55. The summed E-state index contributed by atoms with van der Waals surface area (Å²) < 4.78 is 13.2. The van der Waals surface area contributed by atoms with E-state index in [1.54, 1.807) is 22.5 Å². The number of amides is 3. The Kier molecular flexibility index (Phi) is 5.05. The van der Waals surface area contributed by atoms with E-state index in [4.69, 9.17) is 0 Å². The van der Waals surface area contributed by atoms with Gasteiger partial charge in [-0.3, -0.25) is 4.79 Å². The summed E-state index contributed by atoms with van der Waals surface area (Å²) in [7, 11) is 0. The van der Waals surface area contributed by atoms with E-state index in [0.29, 0.717) is 23.9 Å². The Morgan fingerprint density at radius 2 is 2.21 bits per heavy atom. The number of thiazole rings is 1. The van der Waals surface area contributed by atoms with Gasteiger partial charge in [-0.15, -0.1) is 11.3 Å². The Morgan fingerprint density at radius 3 is 2.96 bits per heavy atom. The van der Waals surface area contributed by atoms with E-state index in [9.17, 15) is 14.0 Å². The molecule has 3 rings (SSSR count). The molecule has 2 aromatic rings. The Hall–Kier alpha value is -2.48. The molecule has 3 amide bonds. The lowest BCUT2D eigenvalue weighted by Gasteiger charge is -2.31. The quantitative estimate of drug-likeness (QED) is 0.895. The largest absolute Gasteiger partial charge is 0.324 e. The van der Waals surface area contributed by atoms with E-state index >= 15 is 0 Å². The fraction of sp³-hybridized carbons (Fsp3) is 0.312. The van der Waals surface area contributed by atoms with Gasteiger partial charge in [0.05, 0.1) is 5.92 Å². The molecule has 1 saturated heterocycles. The predicted molar refractivity (Wildman–Crippen MR) is 90.5 cm³/mol. The third-order valence-electron chi connectivity index (χ3n) is 3.82. The molecule has 6 nitrogen and oxygen atoms in total. The molecule has 1 aliphatic rings. The van der Waals surface area contributed by atoms with Crippen molar-refractivity contribution in [1.82, 2.24) is 9.88 Å². The summed E-state index contributed by atoms with van der Waals surface area (Å²) in [6.45, 7) is 0.903. The highest BCUT2D eigenvalue weighted by molar-refractivity contribution is 7.13. The smallest absolute Gasteiger partial charge is 0.321 e. The topological polar surface area (TPSA) is 74.3 Å². The molecule has 1 atom stereocenters. The van der Waals surface area contributed by atoms with Crippen LogP contribution in [-0.4, -0.2) is 34.9 Å². The summed E-state index contributed by atoms with van der Waals surface area (Å²) in [6.07, 6.45) is 3.09. The highest BCUT2D eigenvalue weighted by Crippen LogP contribution is 2.20. The summed E-state index contributed by atoms with van der Waals surface area (Å²) in [4.78, 5) is 30.2. The molecule has 0 radical (unpaired) electrons. The molecular formula is C16H17FN4O2S. The van der Waals surface area contributed by atoms with Gasteiger partial charge in [-0.2, -0.15) is 0 Å². The Labute approximate surface area is 142 Å². The molecule has 1 aliphatic heterocycles. The van der Waals surface area contributed by atoms with E-state index in [0.717, 1.165) is 12.8 Å². The van der Waals surface area contributed by atoms with Crippen LogP contribution in [0.5, 0.6) is 0 Å². The number of likely N-dealkylation sites (tertiary alicyclic amines) is 1. The van der Waals surface area contributed by atoms with Gasteiger partial charge in [0.1, 0.15) is 5.82 Å². The first-order chi connectivity index (χ1) is 11.6. The first kappa shape index (κ1) is 16.4. The van der Waals surface area contributed by atoms with Crippen molar-refractivity contribution in [3.05, 3.63) is 41.7 Å². The third kappa shape index (κ3) is 4.08. The molecule has 24 heavy (non-hydrogen) atoms. The number of nitrogens with zero attached hydrogens (tertiary/aromatic N) is 2. The van der Waals surface area contributed by atoms with Crippen LogP contribution in [0.1, 0.15) is 12.8 Å². The lowest BCUT2D eigenvalue weighted by Crippen LogP contribution is -2.45. The molecule has 1 fully saturated rings. The molecule has 1 unspecified atom stereocenters. The number of carbonyl (C=O) groups excluding carboxylic acids is 2. The van der Waals surface area contributed by atoms with Crippen LogP contribution in [0.3, 0.4) is 0 Å². The number of piperidine rings is 1. The molecule has 126 valence electrons. The standard InChI is InChI=1S/C16H17FN4O2S/c17-12-4-1-5-13(9-12)19-16(23)21-7-2-3-11(10-21)14(22)20-15-18-6-8-24-15/h1,4-6,8-9,11H,2-3,7,10H2,(H,19,23)(H,18,20,22). The SMILES string of the molecule is O=C(Nc1nccs1)C1CCCN(C(=O)Nc2cccc(F)c2)C1. The number of halogens is 1. The van der Waals surface area contributed by atoms with Gasteiger partial charge in [0.2, 0.25) is 5.91 Å². The van der Waals surface area contributed by atoms with Gasteiger partial charge >= 0.3 is 6.03 Å². The highest BCUT2D eigenvalue weighted by Gasteiger charge is 2.28. The number of benzene rings is 1. The molecule has 2 heterocycles. The summed E-state index contributed by atoms with van der Waals surface area (Å²) in [5, 5.41) is 7.78. The number of hydrogen-bond acceptors (Lipinski definition) is 4. The van der Waals surface area contributed by atoms with Crippen LogP contribution in [0.15, 0.2) is 35.8 Å². The van der Waals surface area contributed by atoms with Crippen molar-refractivity contribution in [2.24, 2.45) is 5.92 Å².